The fourth-order valence-electron chi connectivity index (χ4n) is 1.06. The summed E-state index contributed by atoms with van der Waals surface area (Å²) in [5.74, 6) is 0.687. The van der Waals surface area contributed by atoms with Crippen molar-refractivity contribution in [3.05, 3.63) is 28.7 Å². The Morgan fingerprint density at radius 1 is 1.36 bits per heavy atom. The second-order valence-electron chi connectivity index (χ2n) is 2.89. The van der Waals surface area contributed by atoms with Gasteiger partial charge in [0.15, 0.2) is 0 Å². The van der Waals surface area contributed by atoms with Gasteiger partial charge in [-0.3, -0.25) is 0 Å². The van der Waals surface area contributed by atoms with Gasteiger partial charge in [0, 0.05) is 17.5 Å². The molecular formula is C10H13BrO3. The minimum absolute atomic E-state index is 0.0131. The summed E-state index contributed by atoms with van der Waals surface area (Å²) in [5, 5.41) is 17.6. The Labute approximate surface area is 91.5 Å². The second-order valence-corrected chi connectivity index (χ2v) is 3.81. The van der Waals surface area contributed by atoms with Crippen LogP contribution in [0, 0.1) is 0 Å². The zero-order valence-corrected chi connectivity index (χ0v) is 9.27. The Hall–Kier alpha value is -0.580. The topological polar surface area (TPSA) is 49.7 Å². The van der Waals surface area contributed by atoms with Crippen molar-refractivity contribution in [3.63, 3.8) is 0 Å². The summed E-state index contributed by atoms with van der Waals surface area (Å²) in [6.07, 6.45) is 0.0949. The number of aliphatic hydroxyl groups is 2. The third-order valence-electron chi connectivity index (χ3n) is 1.75. The molecule has 1 rings (SSSR count). The highest BCUT2D eigenvalue weighted by Crippen LogP contribution is 2.19. The lowest BCUT2D eigenvalue weighted by Gasteiger charge is -2.15. The molecule has 14 heavy (non-hydrogen) atoms. The summed E-state index contributed by atoms with van der Waals surface area (Å²) in [6.45, 7) is -0.0771. The molecule has 78 valence electrons. The van der Waals surface area contributed by atoms with Crippen LogP contribution in [0.4, 0.5) is 0 Å². The number of hydrogen-bond donors (Lipinski definition) is 2. The van der Waals surface area contributed by atoms with Crippen molar-refractivity contribution in [2.45, 2.75) is 12.5 Å². The highest BCUT2D eigenvalue weighted by atomic mass is 79.9. The Morgan fingerprint density at radius 3 is 2.71 bits per heavy atom. The molecule has 0 aliphatic heterocycles. The first-order chi connectivity index (χ1) is 6.76. The van der Waals surface area contributed by atoms with Crippen LogP contribution in [0.15, 0.2) is 28.7 Å². The van der Waals surface area contributed by atoms with E-state index in [1.54, 1.807) is 0 Å². The van der Waals surface area contributed by atoms with E-state index in [1.165, 1.54) is 0 Å². The molecule has 0 bridgehead atoms. The standard InChI is InChI=1S/C10H13BrO3/c11-8-2-1-3-9(6-8)14-10(7-13)4-5-12/h1-3,6,10,12-13H,4-5,7H2. The molecule has 0 amide bonds. The van der Waals surface area contributed by atoms with E-state index in [4.69, 9.17) is 14.9 Å². The average Bonchev–Trinajstić information content (AvgIpc) is 2.17. The van der Waals surface area contributed by atoms with Gasteiger partial charge in [-0.15, -0.1) is 0 Å². The predicted molar refractivity (Wildman–Crippen MR) is 57.3 cm³/mol. The van der Waals surface area contributed by atoms with Gasteiger partial charge in [0.25, 0.3) is 0 Å². The van der Waals surface area contributed by atoms with E-state index < -0.39 is 0 Å². The Kier molecular flexibility index (Phi) is 4.93. The molecule has 0 aliphatic rings. The van der Waals surface area contributed by atoms with E-state index >= 15 is 0 Å². The highest BCUT2D eigenvalue weighted by molar-refractivity contribution is 9.10. The number of ether oxygens (including phenoxy) is 1. The predicted octanol–water partition coefficient (Wildman–Crippen LogP) is 1.57. The molecule has 0 fully saturated rings. The van der Waals surface area contributed by atoms with E-state index in [-0.39, 0.29) is 19.3 Å². The molecule has 0 aliphatic carbocycles. The Balaban J connectivity index is 2.57. The summed E-state index contributed by atoms with van der Waals surface area (Å²) < 4.78 is 6.37. The zero-order valence-electron chi connectivity index (χ0n) is 7.69. The van der Waals surface area contributed by atoms with Crippen molar-refractivity contribution < 1.29 is 14.9 Å². The highest BCUT2D eigenvalue weighted by Gasteiger charge is 2.08. The van der Waals surface area contributed by atoms with Crippen molar-refractivity contribution in [3.8, 4) is 5.75 Å². The second kappa shape index (κ2) is 6.01. The zero-order chi connectivity index (χ0) is 10.4. The molecule has 1 atom stereocenters. The van der Waals surface area contributed by atoms with Crippen LogP contribution in [0.3, 0.4) is 0 Å². The first kappa shape index (κ1) is 11.5. The lowest BCUT2D eigenvalue weighted by molar-refractivity contribution is 0.0906. The first-order valence-electron chi connectivity index (χ1n) is 4.40. The average molecular weight is 261 g/mol. The monoisotopic (exact) mass is 260 g/mol. The molecule has 0 spiro atoms. The SMILES string of the molecule is OCCC(CO)Oc1cccc(Br)c1. The molecule has 0 saturated carbocycles. The lowest BCUT2D eigenvalue weighted by Crippen LogP contribution is -2.22. The van der Waals surface area contributed by atoms with Crippen LogP contribution in [0.5, 0.6) is 5.75 Å². The third kappa shape index (κ3) is 3.65. The smallest absolute Gasteiger partial charge is 0.124 e. The quantitative estimate of drug-likeness (QED) is 0.845. The molecule has 0 radical (unpaired) electrons. The molecule has 4 heteroatoms. The maximum atomic E-state index is 8.94. The van der Waals surface area contributed by atoms with Crippen LogP contribution in [0.2, 0.25) is 0 Å². The van der Waals surface area contributed by atoms with E-state index in [1.807, 2.05) is 24.3 Å². The Morgan fingerprint density at radius 2 is 2.14 bits per heavy atom. The van der Waals surface area contributed by atoms with Crippen molar-refractivity contribution in [2.24, 2.45) is 0 Å². The molecule has 3 nitrogen and oxygen atoms in total. The molecule has 0 saturated heterocycles. The summed E-state index contributed by atoms with van der Waals surface area (Å²) >= 11 is 3.32. The molecule has 0 aromatic heterocycles. The maximum absolute atomic E-state index is 8.94. The lowest BCUT2D eigenvalue weighted by atomic mass is 10.2. The van der Waals surface area contributed by atoms with E-state index in [9.17, 15) is 0 Å². The summed E-state index contributed by atoms with van der Waals surface area (Å²) in [7, 11) is 0. The summed E-state index contributed by atoms with van der Waals surface area (Å²) in [4.78, 5) is 0. The normalized spacial score (nSPS) is 12.5. The molecule has 1 aromatic rings. The summed E-state index contributed by atoms with van der Waals surface area (Å²) in [5.41, 5.74) is 0. The molecule has 1 aromatic carbocycles. The minimum Gasteiger partial charge on any atom is -0.488 e. The fourth-order valence-corrected chi connectivity index (χ4v) is 1.44. The van der Waals surface area contributed by atoms with Gasteiger partial charge in [-0.2, -0.15) is 0 Å². The van der Waals surface area contributed by atoms with Crippen LogP contribution < -0.4 is 4.74 Å². The van der Waals surface area contributed by atoms with Gasteiger partial charge in [-0.25, -0.2) is 0 Å². The summed E-state index contributed by atoms with van der Waals surface area (Å²) in [6, 6.07) is 7.38. The molecule has 0 heterocycles. The number of hydrogen-bond acceptors (Lipinski definition) is 3. The van der Waals surface area contributed by atoms with Crippen LogP contribution in [0.1, 0.15) is 6.42 Å². The van der Waals surface area contributed by atoms with Crippen LogP contribution in [-0.2, 0) is 0 Å². The van der Waals surface area contributed by atoms with Crippen molar-refractivity contribution in [2.75, 3.05) is 13.2 Å². The van der Waals surface area contributed by atoms with Gasteiger partial charge in [-0.1, -0.05) is 22.0 Å². The van der Waals surface area contributed by atoms with Crippen molar-refractivity contribution in [1.29, 1.82) is 0 Å². The van der Waals surface area contributed by atoms with Crippen LogP contribution >= 0.6 is 15.9 Å². The minimum atomic E-state index is -0.339. The van der Waals surface area contributed by atoms with Gasteiger partial charge < -0.3 is 14.9 Å². The Bertz CT molecular complexity index is 278. The maximum Gasteiger partial charge on any atom is 0.124 e. The number of aliphatic hydroxyl groups excluding tert-OH is 2. The third-order valence-corrected chi connectivity index (χ3v) is 2.25. The van der Waals surface area contributed by atoms with Gasteiger partial charge in [0.2, 0.25) is 0 Å². The van der Waals surface area contributed by atoms with E-state index in [0.717, 1.165) is 4.47 Å². The van der Waals surface area contributed by atoms with Crippen LogP contribution in [-0.4, -0.2) is 29.5 Å². The van der Waals surface area contributed by atoms with E-state index in [0.29, 0.717) is 12.2 Å². The van der Waals surface area contributed by atoms with Gasteiger partial charge in [0.05, 0.1) is 6.61 Å². The number of rotatable bonds is 5. The van der Waals surface area contributed by atoms with E-state index in [2.05, 4.69) is 15.9 Å². The van der Waals surface area contributed by atoms with Crippen LogP contribution in [0.25, 0.3) is 0 Å². The molecule has 2 N–H and O–H groups in total. The first-order valence-corrected chi connectivity index (χ1v) is 5.19. The number of benzene rings is 1. The van der Waals surface area contributed by atoms with Gasteiger partial charge in [0.1, 0.15) is 11.9 Å². The largest absolute Gasteiger partial charge is 0.488 e. The molecule has 1 unspecified atom stereocenters. The van der Waals surface area contributed by atoms with Crippen molar-refractivity contribution >= 4 is 15.9 Å². The van der Waals surface area contributed by atoms with Gasteiger partial charge >= 0.3 is 0 Å². The number of halogens is 1. The van der Waals surface area contributed by atoms with Gasteiger partial charge in [-0.05, 0) is 18.2 Å². The molecular weight excluding hydrogens is 248 g/mol. The fraction of sp³-hybridized carbons (Fsp3) is 0.400. The van der Waals surface area contributed by atoms with Crippen molar-refractivity contribution in [1.82, 2.24) is 0 Å².